The lowest BCUT2D eigenvalue weighted by Gasteiger charge is -2.49. The quantitative estimate of drug-likeness (QED) is 0.446. The van der Waals surface area contributed by atoms with Gasteiger partial charge < -0.3 is 9.80 Å². The van der Waals surface area contributed by atoms with Gasteiger partial charge in [-0.2, -0.15) is 0 Å². The number of hydrogen-bond donors (Lipinski definition) is 1. The average Bonchev–Trinajstić information content (AvgIpc) is 2.51. The maximum atomic E-state index is 3.66. The van der Waals surface area contributed by atoms with Crippen LogP contribution in [-0.4, -0.2) is 43.8 Å². The molecular weight excluding hydrogens is 244 g/mol. The van der Waals surface area contributed by atoms with Gasteiger partial charge in [0.05, 0.1) is 26.2 Å². The van der Waals surface area contributed by atoms with Crippen LogP contribution < -0.4 is 5.32 Å². The third-order valence-corrected chi connectivity index (χ3v) is 5.73. The monoisotopic (exact) mass is 281 g/mol. The van der Waals surface area contributed by atoms with Gasteiger partial charge in [-0.3, -0.25) is 0 Å². The number of hydrogen-bond acceptors (Lipinski definition) is 1. The van der Waals surface area contributed by atoms with Crippen LogP contribution in [-0.2, 0) is 0 Å². The summed E-state index contributed by atoms with van der Waals surface area (Å²) in [7, 11) is 0. The van der Waals surface area contributed by atoms with Crippen LogP contribution in [0.25, 0.3) is 0 Å². The Morgan fingerprint density at radius 1 is 0.800 bits per heavy atom. The van der Waals surface area contributed by atoms with Gasteiger partial charge in [0.15, 0.2) is 0 Å². The van der Waals surface area contributed by atoms with Gasteiger partial charge in [-0.25, -0.2) is 0 Å². The topological polar surface area (TPSA) is 12.0 Å². The van der Waals surface area contributed by atoms with E-state index in [1.807, 2.05) is 0 Å². The van der Waals surface area contributed by atoms with Gasteiger partial charge in [0.25, 0.3) is 0 Å². The highest BCUT2D eigenvalue weighted by Gasteiger charge is 2.38. The van der Waals surface area contributed by atoms with Crippen molar-refractivity contribution in [2.45, 2.75) is 71.1 Å². The van der Waals surface area contributed by atoms with Crippen LogP contribution in [0.2, 0.25) is 0 Å². The summed E-state index contributed by atoms with van der Waals surface area (Å²) in [4.78, 5) is 0. The Labute approximate surface area is 126 Å². The molecule has 0 aromatic rings. The molecule has 3 rings (SSSR count). The number of nitrogens with zero attached hydrogens (tertiary/aromatic N) is 1. The van der Waals surface area contributed by atoms with E-state index in [1.54, 1.807) is 0 Å². The molecule has 0 aromatic carbocycles. The zero-order valence-corrected chi connectivity index (χ0v) is 13.8. The fraction of sp³-hybridized carbons (Fsp3) is 1.00. The molecule has 0 atom stereocenters. The van der Waals surface area contributed by atoms with E-state index >= 15 is 0 Å². The van der Waals surface area contributed by atoms with Crippen molar-refractivity contribution < 1.29 is 4.48 Å². The van der Waals surface area contributed by atoms with E-state index in [-0.39, 0.29) is 0 Å². The first kappa shape index (κ1) is 16.3. The normalized spacial score (nSPS) is 28.9. The molecule has 0 spiro atoms. The molecule has 2 heteroatoms. The van der Waals surface area contributed by atoms with Crippen LogP contribution in [0.1, 0.15) is 71.1 Å². The summed E-state index contributed by atoms with van der Waals surface area (Å²) in [5.41, 5.74) is 0. The second-order valence-electron chi connectivity index (χ2n) is 7.34. The van der Waals surface area contributed by atoms with Crippen molar-refractivity contribution >= 4 is 0 Å². The average molecular weight is 282 g/mol. The molecule has 0 saturated carbocycles. The van der Waals surface area contributed by atoms with E-state index < -0.39 is 0 Å². The summed E-state index contributed by atoms with van der Waals surface area (Å²) in [5.74, 6) is 1.10. The summed E-state index contributed by atoms with van der Waals surface area (Å²) < 4.78 is 1.47. The van der Waals surface area contributed by atoms with Crippen molar-refractivity contribution in [1.82, 2.24) is 5.32 Å². The number of nitrogens with one attached hydrogen (secondary N) is 1. The molecule has 20 heavy (non-hydrogen) atoms. The molecule has 0 amide bonds. The molecule has 2 nitrogen and oxygen atoms in total. The van der Waals surface area contributed by atoms with E-state index in [1.165, 1.54) is 108 Å². The Balaban J connectivity index is 1.40. The van der Waals surface area contributed by atoms with Gasteiger partial charge in [-0.05, 0) is 38.1 Å². The van der Waals surface area contributed by atoms with E-state index in [2.05, 4.69) is 12.2 Å². The summed E-state index contributed by atoms with van der Waals surface area (Å²) in [6.07, 6.45) is 14.4. The number of fused-ring (bicyclic) bond motifs is 3. The van der Waals surface area contributed by atoms with Crippen LogP contribution in [0, 0.1) is 5.92 Å². The molecule has 3 aliphatic heterocycles. The van der Waals surface area contributed by atoms with Crippen LogP contribution >= 0.6 is 0 Å². The zero-order valence-electron chi connectivity index (χ0n) is 13.8. The minimum absolute atomic E-state index is 1.10. The highest BCUT2D eigenvalue weighted by molar-refractivity contribution is 4.71. The van der Waals surface area contributed by atoms with Crippen molar-refractivity contribution in [3.8, 4) is 0 Å². The van der Waals surface area contributed by atoms with Crippen LogP contribution in [0.4, 0.5) is 0 Å². The van der Waals surface area contributed by atoms with Gasteiger partial charge in [0.1, 0.15) is 0 Å². The highest BCUT2D eigenvalue weighted by Crippen LogP contribution is 2.33. The first-order valence-corrected chi connectivity index (χ1v) is 9.40. The minimum atomic E-state index is 1.10. The van der Waals surface area contributed by atoms with E-state index in [4.69, 9.17) is 0 Å². The van der Waals surface area contributed by atoms with E-state index in [0.29, 0.717) is 0 Å². The Morgan fingerprint density at radius 2 is 1.40 bits per heavy atom. The van der Waals surface area contributed by atoms with Gasteiger partial charge in [-0.1, -0.05) is 39.0 Å². The molecule has 2 bridgehead atoms. The maximum Gasteiger partial charge on any atom is 0.0798 e. The van der Waals surface area contributed by atoms with Gasteiger partial charge in [-0.15, -0.1) is 0 Å². The fourth-order valence-electron chi connectivity index (χ4n) is 4.17. The smallest absolute Gasteiger partial charge is 0.0798 e. The molecule has 118 valence electrons. The second kappa shape index (κ2) is 9.04. The van der Waals surface area contributed by atoms with Crippen molar-refractivity contribution in [1.29, 1.82) is 0 Å². The zero-order chi connectivity index (χ0) is 14.1. The Kier molecular flexibility index (Phi) is 7.37. The lowest BCUT2D eigenvalue weighted by molar-refractivity contribution is -0.942. The lowest BCUT2D eigenvalue weighted by Crippen LogP contribution is -2.58. The van der Waals surface area contributed by atoms with Gasteiger partial charge >= 0.3 is 0 Å². The molecule has 3 fully saturated rings. The molecule has 0 aromatic heterocycles. The van der Waals surface area contributed by atoms with Crippen molar-refractivity contribution in [2.75, 3.05) is 39.3 Å². The molecule has 3 saturated heterocycles. The number of piperidine rings is 3. The Hall–Kier alpha value is -0.0800. The van der Waals surface area contributed by atoms with Crippen LogP contribution in [0.5, 0.6) is 0 Å². The molecule has 3 aliphatic rings. The third kappa shape index (κ3) is 5.37. The maximum absolute atomic E-state index is 3.66. The minimum Gasteiger partial charge on any atom is -0.324 e. The molecule has 1 N–H and O–H groups in total. The van der Waals surface area contributed by atoms with Crippen molar-refractivity contribution in [3.05, 3.63) is 0 Å². The highest BCUT2D eigenvalue weighted by atomic mass is 15.4. The van der Waals surface area contributed by atoms with Crippen molar-refractivity contribution in [2.24, 2.45) is 5.92 Å². The number of quaternary nitrogens is 1. The van der Waals surface area contributed by atoms with Crippen molar-refractivity contribution in [3.63, 3.8) is 0 Å². The SMILES string of the molecule is CCCCCCCCNCCC[N+]12CCC(CC1)CC2. The van der Waals surface area contributed by atoms with Crippen LogP contribution in [0.15, 0.2) is 0 Å². The summed E-state index contributed by atoms with van der Waals surface area (Å²) in [6, 6.07) is 0. The lowest BCUT2D eigenvalue weighted by atomic mass is 9.85. The predicted molar refractivity (Wildman–Crippen MR) is 87.9 cm³/mol. The number of rotatable bonds is 11. The number of unbranched alkanes of at least 4 members (excludes halogenated alkanes) is 5. The molecule has 0 unspecified atom stereocenters. The molecular formula is C18H37N2+. The Bertz CT molecular complexity index is 230. The second-order valence-corrected chi connectivity index (χ2v) is 7.34. The largest absolute Gasteiger partial charge is 0.324 e. The standard InChI is InChI=1S/C18H37N2/c1-2-3-4-5-6-7-12-19-13-8-14-20-15-9-18(10-16-20)11-17-20/h18-19H,2-17H2,1H3/q+1. The van der Waals surface area contributed by atoms with Crippen LogP contribution in [0.3, 0.4) is 0 Å². The van der Waals surface area contributed by atoms with Gasteiger partial charge in [0.2, 0.25) is 0 Å². The third-order valence-electron chi connectivity index (χ3n) is 5.73. The summed E-state index contributed by atoms with van der Waals surface area (Å²) in [6.45, 7) is 10.7. The molecule has 3 heterocycles. The Morgan fingerprint density at radius 3 is 2.10 bits per heavy atom. The summed E-state index contributed by atoms with van der Waals surface area (Å²) >= 11 is 0. The summed E-state index contributed by atoms with van der Waals surface area (Å²) in [5, 5.41) is 3.66. The molecule has 0 aliphatic carbocycles. The van der Waals surface area contributed by atoms with E-state index in [0.717, 1.165) is 5.92 Å². The fourth-order valence-corrected chi connectivity index (χ4v) is 4.17. The van der Waals surface area contributed by atoms with E-state index in [9.17, 15) is 0 Å². The predicted octanol–water partition coefficient (Wildman–Crippen LogP) is 3.96. The first-order chi connectivity index (χ1) is 9.85. The molecule has 0 radical (unpaired) electrons. The first-order valence-electron chi connectivity index (χ1n) is 9.40. The van der Waals surface area contributed by atoms with Gasteiger partial charge in [0, 0.05) is 13.0 Å².